The average Bonchev–Trinajstić information content (AvgIpc) is 2.97. The Balaban J connectivity index is 2.01. The molecule has 2 aromatic heterocycles. The van der Waals surface area contributed by atoms with Crippen LogP contribution in [0.25, 0.3) is 11.2 Å². The van der Waals surface area contributed by atoms with Crippen molar-refractivity contribution in [3.05, 3.63) is 22.6 Å². The highest BCUT2D eigenvalue weighted by molar-refractivity contribution is 9.10. The number of pyridine rings is 1. The van der Waals surface area contributed by atoms with Gasteiger partial charge in [-0.05, 0) is 34.8 Å². The largest absolute Gasteiger partial charge is 0.376 e. The van der Waals surface area contributed by atoms with Gasteiger partial charge in [0.15, 0.2) is 5.65 Å². The number of aromatic nitrogens is 3. The van der Waals surface area contributed by atoms with Crippen LogP contribution >= 0.6 is 27.5 Å². The zero-order valence-corrected chi connectivity index (χ0v) is 12.1. The van der Waals surface area contributed by atoms with Gasteiger partial charge in [0.25, 0.3) is 0 Å². The number of halogens is 2. The molecule has 1 atom stereocenters. The molecule has 0 amide bonds. The van der Waals surface area contributed by atoms with Crippen molar-refractivity contribution >= 4 is 38.7 Å². The van der Waals surface area contributed by atoms with Crippen molar-refractivity contribution in [1.29, 1.82) is 0 Å². The lowest BCUT2D eigenvalue weighted by Gasteiger charge is -2.12. The lowest BCUT2D eigenvalue weighted by molar-refractivity contribution is 0.0972. The Morgan fingerprint density at radius 2 is 2.44 bits per heavy atom. The van der Waals surface area contributed by atoms with E-state index in [-0.39, 0.29) is 6.10 Å². The van der Waals surface area contributed by atoms with Gasteiger partial charge in [-0.2, -0.15) is 0 Å². The summed E-state index contributed by atoms with van der Waals surface area (Å²) in [4.78, 5) is 8.95. The van der Waals surface area contributed by atoms with E-state index in [9.17, 15) is 0 Å². The minimum atomic E-state index is 0.259. The van der Waals surface area contributed by atoms with Crippen molar-refractivity contribution in [3.63, 3.8) is 0 Å². The molecule has 3 rings (SSSR count). The normalized spacial score (nSPS) is 19.8. The first-order chi connectivity index (χ1) is 8.78. The Hall–Kier alpha value is -0.650. The van der Waals surface area contributed by atoms with E-state index in [1.807, 2.05) is 6.07 Å². The monoisotopic (exact) mass is 329 g/mol. The van der Waals surface area contributed by atoms with Gasteiger partial charge in [0.05, 0.1) is 18.5 Å². The van der Waals surface area contributed by atoms with Crippen LogP contribution in [0.1, 0.15) is 18.7 Å². The zero-order valence-electron chi connectivity index (χ0n) is 9.77. The molecule has 0 bridgehead atoms. The second-order valence-corrected chi connectivity index (χ2v) is 5.59. The third-order valence-electron chi connectivity index (χ3n) is 3.16. The van der Waals surface area contributed by atoms with Crippen molar-refractivity contribution in [2.75, 3.05) is 6.61 Å². The first-order valence-electron chi connectivity index (χ1n) is 5.96. The molecule has 0 N–H and O–H groups in total. The van der Waals surface area contributed by atoms with Crippen LogP contribution < -0.4 is 0 Å². The van der Waals surface area contributed by atoms with E-state index >= 15 is 0 Å². The number of nitrogens with zero attached hydrogens (tertiary/aromatic N) is 3. The molecule has 1 unspecified atom stereocenters. The summed E-state index contributed by atoms with van der Waals surface area (Å²) in [6.45, 7) is 1.64. The maximum Gasteiger partial charge on any atom is 0.160 e. The van der Waals surface area contributed by atoms with Gasteiger partial charge in [-0.3, -0.25) is 0 Å². The van der Waals surface area contributed by atoms with E-state index in [2.05, 4.69) is 30.5 Å². The van der Waals surface area contributed by atoms with Gasteiger partial charge in [-0.25, -0.2) is 9.97 Å². The van der Waals surface area contributed by atoms with Crippen LogP contribution in [-0.2, 0) is 17.2 Å². The van der Waals surface area contributed by atoms with Crippen molar-refractivity contribution in [1.82, 2.24) is 14.5 Å². The van der Waals surface area contributed by atoms with Crippen LogP contribution in [0, 0.1) is 0 Å². The SMILES string of the molecule is ClCc1nc2cc(Br)cnc2n1CC1CCCO1. The van der Waals surface area contributed by atoms with E-state index in [0.29, 0.717) is 5.88 Å². The van der Waals surface area contributed by atoms with Gasteiger partial charge in [0.2, 0.25) is 0 Å². The molecule has 4 nitrogen and oxygen atoms in total. The third-order valence-corrected chi connectivity index (χ3v) is 3.83. The standard InChI is InChI=1S/C12H13BrClN3O/c13-8-4-10-12(15-6-8)17(11(5-14)16-10)7-9-2-1-3-18-9/h4,6,9H,1-3,5,7H2. The summed E-state index contributed by atoms with van der Waals surface area (Å²) in [5.41, 5.74) is 1.75. The van der Waals surface area contributed by atoms with Gasteiger partial charge < -0.3 is 9.30 Å². The molecule has 0 radical (unpaired) electrons. The molecule has 6 heteroatoms. The van der Waals surface area contributed by atoms with Crippen molar-refractivity contribution in [2.45, 2.75) is 31.4 Å². The topological polar surface area (TPSA) is 39.9 Å². The number of rotatable bonds is 3. The molecular formula is C12H13BrClN3O. The second-order valence-electron chi connectivity index (χ2n) is 4.40. The molecule has 3 heterocycles. The molecule has 96 valence electrons. The Morgan fingerprint density at radius 1 is 1.56 bits per heavy atom. The summed E-state index contributed by atoms with van der Waals surface area (Å²) in [5.74, 6) is 1.24. The van der Waals surface area contributed by atoms with Crippen LogP contribution in [0.5, 0.6) is 0 Å². The smallest absolute Gasteiger partial charge is 0.160 e. The molecule has 0 aliphatic carbocycles. The van der Waals surface area contributed by atoms with Crippen LogP contribution in [0.3, 0.4) is 0 Å². The third kappa shape index (κ3) is 2.27. The summed E-state index contributed by atoms with van der Waals surface area (Å²) in [5, 5.41) is 0. The molecule has 1 fully saturated rings. The van der Waals surface area contributed by atoms with Crippen LogP contribution in [0.15, 0.2) is 16.7 Å². The fourth-order valence-corrected chi connectivity index (χ4v) is 2.84. The molecule has 0 aromatic carbocycles. The van der Waals surface area contributed by atoms with Crippen LogP contribution in [0.4, 0.5) is 0 Å². The summed E-state index contributed by atoms with van der Waals surface area (Å²) in [6, 6.07) is 1.96. The molecular weight excluding hydrogens is 318 g/mol. The van der Waals surface area contributed by atoms with E-state index in [4.69, 9.17) is 16.3 Å². The molecule has 1 saturated heterocycles. The van der Waals surface area contributed by atoms with Crippen LogP contribution in [0.2, 0.25) is 0 Å². The van der Waals surface area contributed by atoms with Gasteiger partial charge in [0, 0.05) is 17.3 Å². The molecule has 2 aromatic rings. The highest BCUT2D eigenvalue weighted by Gasteiger charge is 2.20. The number of alkyl halides is 1. The van der Waals surface area contributed by atoms with Gasteiger partial charge in [0.1, 0.15) is 11.3 Å². The lowest BCUT2D eigenvalue weighted by Crippen LogP contribution is -2.16. The van der Waals surface area contributed by atoms with E-state index in [1.54, 1.807) is 6.20 Å². The average molecular weight is 331 g/mol. The summed E-state index contributed by atoms with van der Waals surface area (Å²) in [6.07, 6.45) is 4.27. The number of fused-ring (bicyclic) bond motifs is 1. The van der Waals surface area contributed by atoms with Gasteiger partial charge in [-0.1, -0.05) is 0 Å². The predicted molar refractivity (Wildman–Crippen MR) is 73.8 cm³/mol. The van der Waals surface area contributed by atoms with Crippen molar-refractivity contribution in [3.8, 4) is 0 Å². The Bertz CT molecular complexity index is 566. The van der Waals surface area contributed by atoms with Gasteiger partial charge >= 0.3 is 0 Å². The maximum atomic E-state index is 5.97. The quantitative estimate of drug-likeness (QED) is 0.812. The van der Waals surface area contributed by atoms with Crippen LogP contribution in [-0.4, -0.2) is 27.2 Å². The molecule has 0 saturated carbocycles. The fourth-order valence-electron chi connectivity index (χ4n) is 2.32. The van der Waals surface area contributed by atoms with Crippen molar-refractivity contribution in [2.24, 2.45) is 0 Å². The molecule has 0 spiro atoms. The first-order valence-corrected chi connectivity index (χ1v) is 7.29. The predicted octanol–water partition coefficient (Wildman–Crippen LogP) is 3.11. The summed E-state index contributed by atoms with van der Waals surface area (Å²) >= 11 is 9.37. The minimum absolute atomic E-state index is 0.259. The minimum Gasteiger partial charge on any atom is -0.376 e. The highest BCUT2D eigenvalue weighted by Crippen LogP contribution is 2.22. The number of hydrogen-bond donors (Lipinski definition) is 0. The number of imidazole rings is 1. The molecule has 1 aliphatic heterocycles. The zero-order chi connectivity index (χ0) is 12.5. The maximum absolute atomic E-state index is 5.97. The number of ether oxygens (including phenoxy) is 1. The Kier molecular flexibility index (Phi) is 3.54. The van der Waals surface area contributed by atoms with Crippen molar-refractivity contribution < 1.29 is 4.74 Å². The highest BCUT2D eigenvalue weighted by atomic mass is 79.9. The molecule has 18 heavy (non-hydrogen) atoms. The Labute approximate surface area is 118 Å². The summed E-state index contributed by atoms with van der Waals surface area (Å²) < 4.78 is 8.67. The van der Waals surface area contributed by atoms with E-state index in [0.717, 1.165) is 47.5 Å². The second kappa shape index (κ2) is 5.15. The summed E-state index contributed by atoms with van der Waals surface area (Å²) in [7, 11) is 0. The van der Waals surface area contributed by atoms with E-state index < -0.39 is 0 Å². The number of hydrogen-bond acceptors (Lipinski definition) is 3. The van der Waals surface area contributed by atoms with E-state index in [1.165, 1.54) is 0 Å². The fraction of sp³-hybridized carbons (Fsp3) is 0.500. The van der Waals surface area contributed by atoms with Gasteiger partial charge in [-0.15, -0.1) is 11.6 Å². The first kappa shape index (κ1) is 12.4. The molecule has 1 aliphatic rings. The lowest BCUT2D eigenvalue weighted by atomic mass is 10.2. The Morgan fingerprint density at radius 3 is 3.17 bits per heavy atom.